The molecule has 1 heterocycles. The molecule has 1 aliphatic rings. The molecule has 4 nitrogen and oxygen atoms in total. The molecular weight excluding hydrogens is 362 g/mol. The summed E-state index contributed by atoms with van der Waals surface area (Å²) in [5, 5.41) is 9.81. The standard InChI is InChI=1S/C22H16ClNO3/c23-17-8-7-15(20(12-17)22(26)27)10-14-6-9-19-16(11-14)13-24(21(19)25)18-4-2-1-3-5-18/h1-9,11-12H,10,13H2,(H,26,27). The molecule has 0 fully saturated rings. The number of para-hydroxylation sites is 1. The molecule has 0 spiro atoms. The van der Waals surface area contributed by atoms with Crippen molar-refractivity contribution in [1.29, 1.82) is 0 Å². The lowest BCUT2D eigenvalue weighted by atomic mass is 9.97. The summed E-state index contributed by atoms with van der Waals surface area (Å²) in [6.45, 7) is 0.512. The number of carboxylic acid groups (broad SMARTS) is 1. The van der Waals surface area contributed by atoms with Crippen LogP contribution in [0.15, 0.2) is 66.7 Å². The summed E-state index contributed by atoms with van der Waals surface area (Å²) < 4.78 is 0. The van der Waals surface area contributed by atoms with Gasteiger partial charge in [-0.25, -0.2) is 4.79 Å². The highest BCUT2D eigenvalue weighted by molar-refractivity contribution is 6.31. The molecule has 0 aliphatic carbocycles. The Morgan fingerprint density at radius 3 is 2.56 bits per heavy atom. The Bertz CT molecular complexity index is 1050. The number of nitrogens with zero attached hydrogens (tertiary/aromatic N) is 1. The third-order valence-corrected chi connectivity index (χ3v) is 4.97. The Hall–Kier alpha value is -3.11. The van der Waals surface area contributed by atoms with Crippen molar-refractivity contribution in [3.8, 4) is 0 Å². The van der Waals surface area contributed by atoms with Crippen LogP contribution in [0.2, 0.25) is 5.02 Å². The number of rotatable bonds is 4. The van der Waals surface area contributed by atoms with E-state index in [1.807, 2.05) is 48.5 Å². The zero-order valence-electron chi connectivity index (χ0n) is 14.4. The Kier molecular flexibility index (Phi) is 4.42. The molecule has 0 atom stereocenters. The fourth-order valence-electron chi connectivity index (χ4n) is 3.42. The topological polar surface area (TPSA) is 57.6 Å². The molecule has 3 aromatic rings. The number of carbonyl (C=O) groups is 2. The van der Waals surface area contributed by atoms with E-state index in [1.165, 1.54) is 6.07 Å². The van der Waals surface area contributed by atoms with Gasteiger partial charge in [0.2, 0.25) is 0 Å². The fraction of sp³-hybridized carbons (Fsp3) is 0.0909. The van der Waals surface area contributed by atoms with Gasteiger partial charge in [0.1, 0.15) is 0 Å². The number of carboxylic acids is 1. The normalized spacial score (nSPS) is 12.9. The number of carbonyl (C=O) groups excluding carboxylic acids is 1. The van der Waals surface area contributed by atoms with Crippen molar-refractivity contribution in [2.75, 3.05) is 4.90 Å². The number of benzene rings is 3. The minimum Gasteiger partial charge on any atom is -0.478 e. The summed E-state index contributed by atoms with van der Waals surface area (Å²) in [5.41, 5.74) is 4.36. The zero-order chi connectivity index (χ0) is 19.0. The lowest BCUT2D eigenvalue weighted by Crippen LogP contribution is -2.22. The van der Waals surface area contributed by atoms with Crippen LogP contribution >= 0.6 is 11.6 Å². The molecule has 4 rings (SSSR count). The van der Waals surface area contributed by atoms with Crippen LogP contribution in [-0.2, 0) is 13.0 Å². The second-order valence-corrected chi connectivity index (χ2v) is 6.94. The molecule has 134 valence electrons. The molecular formula is C22H16ClNO3. The lowest BCUT2D eigenvalue weighted by Gasteiger charge is -2.15. The molecule has 27 heavy (non-hydrogen) atoms. The van der Waals surface area contributed by atoms with Gasteiger partial charge in [-0.1, -0.05) is 48.0 Å². The molecule has 0 unspecified atom stereocenters. The summed E-state index contributed by atoms with van der Waals surface area (Å²) in [5.74, 6) is -1.01. The molecule has 1 aliphatic heterocycles. The van der Waals surface area contributed by atoms with Crippen molar-refractivity contribution < 1.29 is 14.7 Å². The second-order valence-electron chi connectivity index (χ2n) is 6.50. The van der Waals surface area contributed by atoms with Gasteiger partial charge < -0.3 is 10.0 Å². The molecule has 0 aromatic heterocycles. The third-order valence-electron chi connectivity index (χ3n) is 4.74. The van der Waals surface area contributed by atoms with Crippen LogP contribution in [0.3, 0.4) is 0 Å². The number of halogens is 1. The van der Waals surface area contributed by atoms with Crippen LogP contribution < -0.4 is 4.90 Å². The van der Waals surface area contributed by atoms with Crippen molar-refractivity contribution in [2.45, 2.75) is 13.0 Å². The maximum atomic E-state index is 12.7. The number of hydrogen-bond acceptors (Lipinski definition) is 2. The summed E-state index contributed by atoms with van der Waals surface area (Å²) in [6.07, 6.45) is 0.464. The molecule has 1 amide bonds. The highest BCUT2D eigenvalue weighted by Crippen LogP contribution is 2.29. The lowest BCUT2D eigenvalue weighted by molar-refractivity contribution is 0.0695. The van der Waals surface area contributed by atoms with Gasteiger partial charge in [0.05, 0.1) is 12.1 Å². The Morgan fingerprint density at radius 1 is 1.04 bits per heavy atom. The van der Waals surface area contributed by atoms with Crippen LogP contribution in [0.25, 0.3) is 0 Å². The minimum absolute atomic E-state index is 0.0135. The fourth-order valence-corrected chi connectivity index (χ4v) is 3.59. The number of amides is 1. The van der Waals surface area contributed by atoms with Crippen molar-refractivity contribution in [3.05, 3.63) is 99.6 Å². The van der Waals surface area contributed by atoms with Gasteiger partial charge in [-0.3, -0.25) is 4.79 Å². The summed E-state index contributed by atoms with van der Waals surface area (Å²) in [4.78, 5) is 25.9. The Labute approximate surface area is 161 Å². The van der Waals surface area contributed by atoms with E-state index in [-0.39, 0.29) is 11.5 Å². The van der Waals surface area contributed by atoms with Gasteiger partial charge in [-0.2, -0.15) is 0 Å². The number of fused-ring (bicyclic) bond motifs is 1. The van der Waals surface area contributed by atoms with Crippen LogP contribution in [0.4, 0.5) is 5.69 Å². The van der Waals surface area contributed by atoms with E-state index in [1.54, 1.807) is 17.0 Å². The van der Waals surface area contributed by atoms with E-state index in [0.29, 0.717) is 29.1 Å². The monoisotopic (exact) mass is 377 g/mol. The molecule has 0 saturated heterocycles. The quantitative estimate of drug-likeness (QED) is 0.711. The molecule has 0 bridgehead atoms. The first-order valence-electron chi connectivity index (χ1n) is 8.53. The summed E-state index contributed by atoms with van der Waals surface area (Å²) in [7, 11) is 0. The van der Waals surface area contributed by atoms with E-state index in [4.69, 9.17) is 11.6 Å². The maximum absolute atomic E-state index is 12.7. The van der Waals surface area contributed by atoms with Crippen LogP contribution in [0.1, 0.15) is 37.4 Å². The van der Waals surface area contributed by atoms with Gasteiger partial charge in [0, 0.05) is 16.3 Å². The van der Waals surface area contributed by atoms with Gasteiger partial charge in [-0.15, -0.1) is 0 Å². The third kappa shape index (κ3) is 3.32. The van der Waals surface area contributed by atoms with E-state index in [9.17, 15) is 14.7 Å². The largest absolute Gasteiger partial charge is 0.478 e. The van der Waals surface area contributed by atoms with Gasteiger partial charge in [0.15, 0.2) is 0 Å². The molecule has 0 radical (unpaired) electrons. The first-order chi connectivity index (χ1) is 13.0. The predicted octanol–water partition coefficient (Wildman–Crippen LogP) is 4.79. The van der Waals surface area contributed by atoms with Crippen LogP contribution in [0.5, 0.6) is 0 Å². The van der Waals surface area contributed by atoms with E-state index < -0.39 is 5.97 Å². The van der Waals surface area contributed by atoms with Crippen LogP contribution in [0, 0.1) is 0 Å². The van der Waals surface area contributed by atoms with Crippen LogP contribution in [-0.4, -0.2) is 17.0 Å². The van der Waals surface area contributed by atoms with E-state index >= 15 is 0 Å². The second kappa shape index (κ2) is 6.89. The zero-order valence-corrected chi connectivity index (χ0v) is 15.1. The smallest absolute Gasteiger partial charge is 0.336 e. The van der Waals surface area contributed by atoms with Gasteiger partial charge in [-0.05, 0) is 53.4 Å². The van der Waals surface area contributed by atoms with Crippen molar-refractivity contribution in [2.24, 2.45) is 0 Å². The number of aromatic carboxylic acids is 1. The minimum atomic E-state index is -1.00. The molecule has 5 heteroatoms. The van der Waals surface area contributed by atoms with E-state index in [2.05, 4.69) is 0 Å². The van der Waals surface area contributed by atoms with Gasteiger partial charge in [0.25, 0.3) is 5.91 Å². The summed E-state index contributed by atoms with van der Waals surface area (Å²) >= 11 is 5.92. The van der Waals surface area contributed by atoms with Gasteiger partial charge >= 0.3 is 5.97 Å². The highest BCUT2D eigenvalue weighted by Gasteiger charge is 2.28. The van der Waals surface area contributed by atoms with E-state index in [0.717, 1.165) is 16.8 Å². The van der Waals surface area contributed by atoms with Crippen molar-refractivity contribution in [3.63, 3.8) is 0 Å². The average molecular weight is 378 g/mol. The maximum Gasteiger partial charge on any atom is 0.336 e. The Balaban J connectivity index is 1.63. The molecule has 1 N–H and O–H groups in total. The summed E-state index contributed by atoms with van der Waals surface area (Å²) in [6, 6.07) is 20.1. The van der Waals surface area contributed by atoms with Crippen molar-refractivity contribution in [1.82, 2.24) is 0 Å². The molecule has 3 aromatic carbocycles. The first-order valence-corrected chi connectivity index (χ1v) is 8.91. The van der Waals surface area contributed by atoms with Crippen molar-refractivity contribution >= 4 is 29.2 Å². The number of hydrogen-bond donors (Lipinski definition) is 1. The first kappa shape index (κ1) is 17.3. The SMILES string of the molecule is O=C(O)c1cc(Cl)ccc1Cc1ccc2c(c1)CN(c1ccccc1)C2=O. The predicted molar refractivity (Wildman–Crippen MR) is 105 cm³/mol. The number of anilines is 1. The average Bonchev–Trinajstić information content (AvgIpc) is 3.00. The molecule has 0 saturated carbocycles. The highest BCUT2D eigenvalue weighted by atomic mass is 35.5. The Morgan fingerprint density at radius 2 is 1.81 bits per heavy atom.